The summed E-state index contributed by atoms with van der Waals surface area (Å²) in [6.45, 7) is 6.03. The van der Waals surface area contributed by atoms with E-state index in [0.717, 1.165) is 28.2 Å². The molecule has 0 bridgehead atoms. The zero-order valence-electron chi connectivity index (χ0n) is 12.5. The number of pyridine rings is 1. The van der Waals surface area contributed by atoms with Gasteiger partial charge in [0.25, 0.3) is 0 Å². The Morgan fingerprint density at radius 1 is 1.05 bits per heavy atom. The molecule has 0 aliphatic rings. The minimum Gasteiger partial charge on any atom is -0.302 e. The van der Waals surface area contributed by atoms with Crippen molar-refractivity contribution >= 4 is 5.65 Å². The first-order valence-electron chi connectivity index (χ1n) is 7.05. The smallest absolute Gasteiger partial charge is 0.137 e. The van der Waals surface area contributed by atoms with Gasteiger partial charge < -0.3 is 4.40 Å². The molecule has 0 saturated heterocycles. The van der Waals surface area contributed by atoms with Crippen molar-refractivity contribution in [3.05, 3.63) is 59.4 Å². The molecule has 3 heteroatoms. The first kappa shape index (κ1) is 13.4. The van der Waals surface area contributed by atoms with Crippen LogP contribution in [0.2, 0.25) is 0 Å². The molecule has 0 spiro atoms. The van der Waals surface area contributed by atoms with Crippen molar-refractivity contribution in [2.24, 2.45) is 0 Å². The van der Waals surface area contributed by atoms with Gasteiger partial charge in [-0.25, -0.2) is 4.98 Å². The van der Waals surface area contributed by atoms with Crippen molar-refractivity contribution in [3.63, 3.8) is 0 Å². The second kappa shape index (κ2) is 5.06. The lowest BCUT2D eigenvalue weighted by Crippen LogP contribution is -1.99. The molecule has 3 rings (SSSR count). The van der Waals surface area contributed by atoms with Gasteiger partial charge in [0.1, 0.15) is 5.65 Å². The lowest BCUT2D eigenvalue weighted by atomic mass is 10.0. The van der Waals surface area contributed by atoms with Gasteiger partial charge in [0.15, 0.2) is 0 Å². The molecular weight excluding hydrogens is 258 g/mol. The maximum atomic E-state index is 9.36. The minimum absolute atomic E-state index is 0.210. The van der Waals surface area contributed by atoms with Crippen molar-refractivity contribution in [2.75, 3.05) is 0 Å². The van der Waals surface area contributed by atoms with E-state index < -0.39 is 0 Å². The maximum absolute atomic E-state index is 9.36. The van der Waals surface area contributed by atoms with E-state index in [0.29, 0.717) is 0 Å². The van der Waals surface area contributed by atoms with Gasteiger partial charge in [-0.1, -0.05) is 35.9 Å². The highest BCUT2D eigenvalue weighted by atomic mass is 15.0. The van der Waals surface area contributed by atoms with Crippen LogP contribution in [-0.2, 0) is 0 Å². The summed E-state index contributed by atoms with van der Waals surface area (Å²) in [4.78, 5) is 4.73. The molecule has 2 heterocycles. The third-order valence-electron chi connectivity index (χ3n) is 3.73. The van der Waals surface area contributed by atoms with Crippen molar-refractivity contribution in [1.29, 1.82) is 5.26 Å². The zero-order chi connectivity index (χ0) is 15.0. The Morgan fingerprint density at radius 3 is 2.38 bits per heavy atom. The maximum Gasteiger partial charge on any atom is 0.137 e. The molecule has 1 atom stereocenters. The van der Waals surface area contributed by atoms with E-state index in [-0.39, 0.29) is 5.92 Å². The van der Waals surface area contributed by atoms with Crippen molar-refractivity contribution < 1.29 is 0 Å². The number of nitrogens with zero attached hydrogens (tertiary/aromatic N) is 3. The highest BCUT2D eigenvalue weighted by molar-refractivity contribution is 5.68. The van der Waals surface area contributed by atoms with Gasteiger partial charge in [-0.15, -0.1) is 0 Å². The predicted octanol–water partition coefficient (Wildman–Crippen LogP) is 4.25. The molecular formula is C18H17N3. The summed E-state index contributed by atoms with van der Waals surface area (Å²) in [6.07, 6.45) is 2.04. The highest BCUT2D eigenvalue weighted by Gasteiger charge is 2.19. The molecule has 21 heavy (non-hydrogen) atoms. The topological polar surface area (TPSA) is 41.1 Å². The standard InChI is InChI=1S/C18H17N3/c1-12-4-7-15(8-5-12)17-18(14(3)10-19)21-11-13(2)6-9-16(21)20-17/h4-9,11,14H,1-3H3. The average molecular weight is 275 g/mol. The van der Waals surface area contributed by atoms with E-state index in [4.69, 9.17) is 4.98 Å². The van der Waals surface area contributed by atoms with E-state index in [1.54, 1.807) is 0 Å². The van der Waals surface area contributed by atoms with Gasteiger partial charge in [0.2, 0.25) is 0 Å². The molecule has 3 aromatic rings. The number of hydrogen-bond donors (Lipinski definition) is 0. The van der Waals surface area contributed by atoms with Crippen LogP contribution in [0, 0.1) is 25.2 Å². The minimum atomic E-state index is -0.210. The molecule has 0 aliphatic heterocycles. The Hall–Kier alpha value is -2.60. The molecule has 1 unspecified atom stereocenters. The fourth-order valence-electron chi connectivity index (χ4n) is 2.57. The van der Waals surface area contributed by atoms with E-state index in [1.807, 2.05) is 36.6 Å². The predicted molar refractivity (Wildman–Crippen MR) is 84.1 cm³/mol. The number of imidazole rings is 1. The quantitative estimate of drug-likeness (QED) is 0.701. The normalized spacial score (nSPS) is 12.3. The lowest BCUT2D eigenvalue weighted by Gasteiger charge is -2.07. The average Bonchev–Trinajstić information content (AvgIpc) is 2.85. The number of hydrogen-bond acceptors (Lipinski definition) is 2. The SMILES string of the molecule is Cc1ccc(-c2nc3ccc(C)cn3c2C(C)C#N)cc1. The fraction of sp³-hybridized carbons (Fsp3) is 0.222. The fourth-order valence-corrected chi connectivity index (χ4v) is 2.57. The molecule has 3 nitrogen and oxygen atoms in total. The summed E-state index contributed by atoms with van der Waals surface area (Å²) in [5, 5.41) is 9.36. The van der Waals surface area contributed by atoms with Crippen molar-refractivity contribution in [2.45, 2.75) is 26.7 Å². The van der Waals surface area contributed by atoms with Gasteiger partial charge in [0, 0.05) is 11.8 Å². The molecule has 0 amide bonds. The number of benzene rings is 1. The number of rotatable bonds is 2. The summed E-state index contributed by atoms with van der Waals surface area (Å²) in [7, 11) is 0. The van der Waals surface area contributed by atoms with Crippen LogP contribution in [0.1, 0.15) is 29.7 Å². The molecule has 0 N–H and O–H groups in total. The van der Waals surface area contributed by atoms with E-state index in [2.05, 4.69) is 37.3 Å². The van der Waals surface area contributed by atoms with E-state index >= 15 is 0 Å². The number of fused-ring (bicyclic) bond motifs is 1. The Kier molecular flexibility index (Phi) is 3.23. The first-order valence-corrected chi connectivity index (χ1v) is 7.05. The second-order valence-electron chi connectivity index (χ2n) is 5.50. The van der Waals surface area contributed by atoms with Crippen LogP contribution >= 0.6 is 0 Å². The van der Waals surface area contributed by atoms with Gasteiger partial charge in [0.05, 0.1) is 23.4 Å². The highest BCUT2D eigenvalue weighted by Crippen LogP contribution is 2.30. The molecule has 0 saturated carbocycles. The molecule has 2 aromatic heterocycles. The Morgan fingerprint density at radius 2 is 1.71 bits per heavy atom. The van der Waals surface area contributed by atoms with Crippen molar-refractivity contribution in [1.82, 2.24) is 9.38 Å². The van der Waals surface area contributed by atoms with Crippen LogP contribution in [0.4, 0.5) is 0 Å². The summed E-state index contributed by atoms with van der Waals surface area (Å²) < 4.78 is 2.04. The van der Waals surface area contributed by atoms with Gasteiger partial charge in [-0.2, -0.15) is 5.26 Å². The van der Waals surface area contributed by atoms with Crippen LogP contribution in [-0.4, -0.2) is 9.38 Å². The lowest BCUT2D eigenvalue weighted by molar-refractivity contribution is 0.897. The third-order valence-corrected chi connectivity index (χ3v) is 3.73. The summed E-state index contributed by atoms with van der Waals surface area (Å²) in [6, 6.07) is 14.7. The van der Waals surface area contributed by atoms with Crippen molar-refractivity contribution in [3.8, 4) is 17.3 Å². The first-order chi connectivity index (χ1) is 10.1. The third kappa shape index (κ3) is 2.30. The van der Waals surface area contributed by atoms with Gasteiger partial charge >= 0.3 is 0 Å². The van der Waals surface area contributed by atoms with Crippen LogP contribution < -0.4 is 0 Å². The molecule has 0 fully saturated rings. The van der Waals surface area contributed by atoms with Crippen LogP contribution in [0.5, 0.6) is 0 Å². The van der Waals surface area contributed by atoms with Crippen LogP contribution in [0.3, 0.4) is 0 Å². The van der Waals surface area contributed by atoms with E-state index in [9.17, 15) is 5.26 Å². The Balaban J connectivity index is 2.31. The molecule has 0 aliphatic carbocycles. The number of aromatic nitrogens is 2. The zero-order valence-corrected chi connectivity index (χ0v) is 12.5. The monoisotopic (exact) mass is 275 g/mol. The number of nitriles is 1. The van der Waals surface area contributed by atoms with Gasteiger partial charge in [-0.05, 0) is 32.4 Å². The molecule has 104 valence electrons. The number of aryl methyl sites for hydroxylation is 2. The second-order valence-corrected chi connectivity index (χ2v) is 5.50. The Labute approximate surface area is 124 Å². The van der Waals surface area contributed by atoms with Crippen LogP contribution in [0.15, 0.2) is 42.6 Å². The Bertz CT molecular complexity index is 835. The molecule has 0 radical (unpaired) electrons. The molecule has 1 aromatic carbocycles. The summed E-state index contributed by atoms with van der Waals surface area (Å²) in [5.74, 6) is -0.210. The van der Waals surface area contributed by atoms with E-state index in [1.165, 1.54) is 5.56 Å². The largest absolute Gasteiger partial charge is 0.302 e. The summed E-state index contributed by atoms with van der Waals surface area (Å²) >= 11 is 0. The van der Waals surface area contributed by atoms with Gasteiger partial charge in [-0.3, -0.25) is 0 Å². The van der Waals surface area contributed by atoms with Crippen LogP contribution in [0.25, 0.3) is 16.9 Å². The summed E-state index contributed by atoms with van der Waals surface area (Å²) in [5.41, 5.74) is 6.16.